The number of piperazine rings is 1. The summed E-state index contributed by atoms with van der Waals surface area (Å²) in [7, 11) is 0. The molecule has 0 spiro atoms. The van der Waals surface area contributed by atoms with Crippen molar-refractivity contribution in [2.75, 3.05) is 31.1 Å². The average Bonchev–Trinajstić information content (AvgIpc) is 2.56. The second-order valence-corrected chi connectivity index (χ2v) is 7.52. The molecule has 2 heterocycles. The predicted molar refractivity (Wildman–Crippen MR) is 99.6 cm³/mol. The van der Waals surface area contributed by atoms with Crippen LogP contribution in [0.1, 0.15) is 26.5 Å². The van der Waals surface area contributed by atoms with Crippen molar-refractivity contribution < 1.29 is 5.11 Å². The summed E-state index contributed by atoms with van der Waals surface area (Å²) in [6.45, 7) is 12.9. The number of rotatable bonds is 2. The molecule has 1 aliphatic heterocycles. The zero-order valence-corrected chi connectivity index (χ0v) is 15.1. The summed E-state index contributed by atoms with van der Waals surface area (Å²) in [5.41, 5.74) is 3.96. The Morgan fingerprint density at radius 2 is 1.71 bits per heavy atom. The molecule has 2 aromatic rings. The Labute approximate surface area is 144 Å². The van der Waals surface area contributed by atoms with E-state index in [0.717, 1.165) is 37.4 Å². The van der Waals surface area contributed by atoms with Crippen molar-refractivity contribution in [1.82, 2.24) is 9.88 Å². The summed E-state index contributed by atoms with van der Waals surface area (Å²) in [5.74, 6) is 0.232. The summed E-state index contributed by atoms with van der Waals surface area (Å²) in [5, 5.41) is 10.1. The Balaban J connectivity index is 1.81. The van der Waals surface area contributed by atoms with E-state index in [1.54, 1.807) is 6.07 Å². The van der Waals surface area contributed by atoms with Crippen LogP contribution in [0, 0.1) is 6.92 Å². The van der Waals surface area contributed by atoms with Crippen LogP contribution in [0.25, 0.3) is 11.3 Å². The molecule has 4 heteroatoms. The van der Waals surface area contributed by atoms with Crippen LogP contribution < -0.4 is 4.90 Å². The topological polar surface area (TPSA) is 39.6 Å². The zero-order chi connectivity index (χ0) is 17.3. The van der Waals surface area contributed by atoms with Gasteiger partial charge in [-0.2, -0.15) is 0 Å². The van der Waals surface area contributed by atoms with Gasteiger partial charge in [-0.3, -0.25) is 4.90 Å². The predicted octanol–water partition coefficient (Wildman–Crippen LogP) is 3.68. The van der Waals surface area contributed by atoms with Crippen LogP contribution in [-0.2, 0) is 0 Å². The molecule has 0 amide bonds. The van der Waals surface area contributed by atoms with Crippen LogP contribution in [0.3, 0.4) is 0 Å². The van der Waals surface area contributed by atoms with E-state index in [2.05, 4.69) is 47.7 Å². The molecule has 0 aliphatic carbocycles. The summed E-state index contributed by atoms with van der Waals surface area (Å²) >= 11 is 0. The lowest BCUT2D eigenvalue weighted by Crippen LogP contribution is -2.53. The highest BCUT2D eigenvalue weighted by molar-refractivity contribution is 5.70. The zero-order valence-electron chi connectivity index (χ0n) is 15.1. The van der Waals surface area contributed by atoms with E-state index in [4.69, 9.17) is 0 Å². The van der Waals surface area contributed by atoms with Crippen molar-refractivity contribution in [3.05, 3.63) is 42.1 Å². The summed E-state index contributed by atoms with van der Waals surface area (Å²) in [4.78, 5) is 9.44. The number of anilines is 1. The van der Waals surface area contributed by atoms with Crippen molar-refractivity contribution in [2.24, 2.45) is 0 Å². The molecule has 3 rings (SSSR count). The molecular formula is C20H27N3O. The van der Waals surface area contributed by atoms with Gasteiger partial charge in [-0.1, -0.05) is 12.1 Å². The van der Waals surface area contributed by atoms with Crippen molar-refractivity contribution in [1.29, 1.82) is 0 Å². The molecule has 1 saturated heterocycles. The lowest BCUT2D eigenvalue weighted by Gasteiger charge is -2.43. The monoisotopic (exact) mass is 325 g/mol. The Kier molecular flexibility index (Phi) is 4.50. The first kappa shape index (κ1) is 16.8. The van der Waals surface area contributed by atoms with Gasteiger partial charge in [-0.25, -0.2) is 4.98 Å². The van der Waals surface area contributed by atoms with Crippen LogP contribution in [-0.4, -0.2) is 46.7 Å². The van der Waals surface area contributed by atoms with Crippen LogP contribution in [0.15, 0.2) is 36.4 Å². The minimum Gasteiger partial charge on any atom is -0.506 e. The van der Waals surface area contributed by atoms with Crippen LogP contribution in [0.5, 0.6) is 5.75 Å². The lowest BCUT2D eigenvalue weighted by atomic mass is 10.0. The molecular weight excluding hydrogens is 298 g/mol. The van der Waals surface area contributed by atoms with E-state index in [1.807, 2.05) is 25.1 Å². The third-order valence-electron chi connectivity index (χ3n) is 4.73. The van der Waals surface area contributed by atoms with E-state index in [1.165, 1.54) is 5.69 Å². The van der Waals surface area contributed by atoms with Crippen molar-refractivity contribution in [3.8, 4) is 17.0 Å². The maximum atomic E-state index is 10.1. The molecule has 1 aromatic carbocycles. The Morgan fingerprint density at radius 3 is 2.38 bits per heavy atom. The molecule has 0 atom stereocenters. The highest BCUT2D eigenvalue weighted by Crippen LogP contribution is 2.30. The standard InChI is InChI=1S/C20H27N3O/c1-15-8-9-18(24)19(21-15)16-6-5-7-17(14-16)22-10-12-23(13-11-22)20(2,3)4/h5-9,14,24H,10-13H2,1-4H3. The number of nitrogens with zero attached hydrogens (tertiary/aromatic N) is 3. The SMILES string of the molecule is Cc1ccc(O)c(-c2cccc(N3CCN(C(C)(C)C)CC3)c2)n1. The van der Waals surface area contributed by atoms with E-state index >= 15 is 0 Å². The molecule has 1 N–H and O–H groups in total. The van der Waals surface area contributed by atoms with Crippen LogP contribution in [0.4, 0.5) is 5.69 Å². The van der Waals surface area contributed by atoms with Crippen molar-refractivity contribution in [3.63, 3.8) is 0 Å². The number of aryl methyl sites for hydroxylation is 1. The number of benzene rings is 1. The molecule has 0 saturated carbocycles. The normalized spacial score (nSPS) is 16.4. The van der Waals surface area contributed by atoms with Crippen LogP contribution in [0.2, 0.25) is 0 Å². The highest BCUT2D eigenvalue weighted by Gasteiger charge is 2.26. The minimum atomic E-state index is 0.227. The summed E-state index contributed by atoms with van der Waals surface area (Å²) in [6.07, 6.45) is 0. The summed E-state index contributed by atoms with van der Waals surface area (Å²) < 4.78 is 0. The second-order valence-electron chi connectivity index (χ2n) is 7.52. The molecule has 1 aliphatic rings. The van der Waals surface area contributed by atoms with E-state index in [-0.39, 0.29) is 11.3 Å². The first-order valence-corrected chi connectivity index (χ1v) is 8.61. The fraction of sp³-hybridized carbons (Fsp3) is 0.450. The van der Waals surface area contributed by atoms with Gasteiger partial charge in [0.05, 0.1) is 0 Å². The Hall–Kier alpha value is -2.07. The highest BCUT2D eigenvalue weighted by atomic mass is 16.3. The third-order valence-corrected chi connectivity index (χ3v) is 4.73. The smallest absolute Gasteiger partial charge is 0.141 e. The van der Waals surface area contributed by atoms with Gasteiger partial charge >= 0.3 is 0 Å². The maximum absolute atomic E-state index is 10.1. The van der Waals surface area contributed by atoms with Gasteiger partial charge in [-0.15, -0.1) is 0 Å². The van der Waals surface area contributed by atoms with Gasteiger partial charge in [0.2, 0.25) is 0 Å². The number of pyridine rings is 1. The molecule has 0 bridgehead atoms. The van der Waals surface area contributed by atoms with Gasteiger partial charge in [0, 0.05) is 48.7 Å². The average molecular weight is 325 g/mol. The molecule has 4 nitrogen and oxygen atoms in total. The fourth-order valence-corrected chi connectivity index (χ4v) is 3.25. The minimum absolute atomic E-state index is 0.227. The number of aromatic hydroxyl groups is 1. The first-order chi connectivity index (χ1) is 11.3. The summed E-state index contributed by atoms with van der Waals surface area (Å²) in [6, 6.07) is 11.9. The van der Waals surface area contributed by atoms with Crippen molar-refractivity contribution in [2.45, 2.75) is 33.2 Å². The van der Waals surface area contributed by atoms with E-state index in [9.17, 15) is 5.11 Å². The largest absolute Gasteiger partial charge is 0.506 e. The van der Waals surface area contributed by atoms with Crippen molar-refractivity contribution >= 4 is 5.69 Å². The molecule has 1 fully saturated rings. The number of hydrogen-bond donors (Lipinski definition) is 1. The fourth-order valence-electron chi connectivity index (χ4n) is 3.25. The van der Waals surface area contributed by atoms with E-state index < -0.39 is 0 Å². The lowest BCUT2D eigenvalue weighted by molar-refractivity contribution is 0.128. The number of aromatic nitrogens is 1. The van der Waals surface area contributed by atoms with Gasteiger partial charge in [0.1, 0.15) is 11.4 Å². The Bertz CT molecular complexity index is 713. The molecule has 0 radical (unpaired) electrons. The maximum Gasteiger partial charge on any atom is 0.141 e. The molecule has 24 heavy (non-hydrogen) atoms. The van der Waals surface area contributed by atoms with E-state index in [0.29, 0.717) is 5.69 Å². The Morgan fingerprint density at radius 1 is 1.00 bits per heavy atom. The van der Waals surface area contributed by atoms with Crippen LogP contribution >= 0.6 is 0 Å². The quantitative estimate of drug-likeness (QED) is 0.914. The molecule has 0 unspecified atom stereocenters. The number of hydrogen-bond acceptors (Lipinski definition) is 4. The van der Waals surface area contributed by atoms with Gasteiger partial charge in [0.25, 0.3) is 0 Å². The molecule has 128 valence electrons. The first-order valence-electron chi connectivity index (χ1n) is 8.61. The van der Waals surface area contributed by atoms with Gasteiger partial charge < -0.3 is 10.0 Å². The van der Waals surface area contributed by atoms with Gasteiger partial charge in [0.15, 0.2) is 0 Å². The third kappa shape index (κ3) is 3.54. The second kappa shape index (κ2) is 6.44. The van der Waals surface area contributed by atoms with Gasteiger partial charge in [-0.05, 0) is 52.0 Å². The molecule has 1 aromatic heterocycles.